The van der Waals surface area contributed by atoms with Crippen molar-refractivity contribution in [3.8, 4) is 16.5 Å². The summed E-state index contributed by atoms with van der Waals surface area (Å²) in [4.78, 5) is 12.7. The van der Waals surface area contributed by atoms with Crippen molar-refractivity contribution in [2.24, 2.45) is 0 Å². The van der Waals surface area contributed by atoms with Crippen molar-refractivity contribution in [2.75, 3.05) is 6.61 Å². The first-order valence-electron chi connectivity index (χ1n) is 7.07. The number of hydrogen-bond acceptors (Lipinski definition) is 7. The van der Waals surface area contributed by atoms with Gasteiger partial charge in [-0.15, -0.1) is 21.5 Å². The molecule has 0 aliphatic heterocycles. The lowest BCUT2D eigenvalue weighted by Crippen LogP contribution is -2.17. The highest BCUT2D eigenvalue weighted by molar-refractivity contribution is 7.13. The number of benzene rings is 1. The Morgan fingerprint density at radius 1 is 1.29 bits per heavy atom. The van der Waals surface area contributed by atoms with Crippen LogP contribution in [0.3, 0.4) is 0 Å². The van der Waals surface area contributed by atoms with Gasteiger partial charge in [-0.3, -0.25) is 0 Å². The molecule has 1 atom stereocenters. The van der Waals surface area contributed by atoms with Gasteiger partial charge in [0.15, 0.2) is 12.7 Å². The molecular formula is C16H13ClN2O4S. The van der Waals surface area contributed by atoms with Crippen LogP contribution in [0.2, 0.25) is 5.02 Å². The number of thiophene rings is 1. The minimum Gasteiger partial charge on any atom is -0.482 e. The van der Waals surface area contributed by atoms with Gasteiger partial charge in [0.25, 0.3) is 11.8 Å². The fourth-order valence-electron chi connectivity index (χ4n) is 1.85. The summed E-state index contributed by atoms with van der Waals surface area (Å²) in [7, 11) is 0. The highest BCUT2D eigenvalue weighted by Gasteiger charge is 2.19. The minimum atomic E-state index is -0.660. The van der Waals surface area contributed by atoms with Crippen molar-refractivity contribution in [3.05, 3.63) is 52.7 Å². The van der Waals surface area contributed by atoms with Gasteiger partial charge in [-0.25, -0.2) is 4.79 Å². The molecular weight excluding hydrogens is 352 g/mol. The summed E-state index contributed by atoms with van der Waals surface area (Å²) >= 11 is 7.27. The van der Waals surface area contributed by atoms with Gasteiger partial charge in [0.05, 0.1) is 4.88 Å². The number of hydrogen-bond donors (Lipinski definition) is 0. The van der Waals surface area contributed by atoms with E-state index in [-0.39, 0.29) is 12.5 Å². The molecule has 0 aliphatic rings. The number of carbonyl (C=O) groups is 1. The Kier molecular flexibility index (Phi) is 5.12. The van der Waals surface area contributed by atoms with Crippen molar-refractivity contribution in [2.45, 2.75) is 13.0 Å². The normalized spacial score (nSPS) is 11.9. The van der Waals surface area contributed by atoms with Crippen LogP contribution in [0.1, 0.15) is 18.9 Å². The number of nitrogens with zero attached hydrogens (tertiary/aromatic N) is 2. The first-order valence-corrected chi connectivity index (χ1v) is 8.32. The van der Waals surface area contributed by atoms with Gasteiger partial charge < -0.3 is 13.9 Å². The molecule has 0 bridgehead atoms. The van der Waals surface area contributed by atoms with E-state index in [1.165, 1.54) is 11.3 Å². The lowest BCUT2D eigenvalue weighted by Gasteiger charge is -2.10. The summed E-state index contributed by atoms with van der Waals surface area (Å²) in [6, 6.07) is 10.5. The van der Waals surface area contributed by atoms with Crippen molar-refractivity contribution in [1.82, 2.24) is 10.2 Å². The SMILES string of the molecule is CC(OC(=O)COc1ccc(Cl)cc1)c1nnc(-c2cccs2)o1. The molecule has 2 heterocycles. The molecule has 0 amide bonds. The molecule has 8 heteroatoms. The van der Waals surface area contributed by atoms with Crippen LogP contribution in [0.25, 0.3) is 10.8 Å². The zero-order valence-electron chi connectivity index (χ0n) is 12.6. The van der Waals surface area contributed by atoms with Gasteiger partial charge in [-0.2, -0.15) is 0 Å². The van der Waals surface area contributed by atoms with Crippen LogP contribution in [0, 0.1) is 0 Å². The smallest absolute Gasteiger partial charge is 0.344 e. The van der Waals surface area contributed by atoms with Crippen LogP contribution in [-0.4, -0.2) is 22.8 Å². The van der Waals surface area contributed by atoms with Gasteiger partial charge in [0, 0.05) is 5.02 Å². The van der Waals surface area contributed by atoms with Crippen LogP contribution >= 0.6 is 22.9 Å². The third-order valence-electron chi connectivity index (χ3n) is 3.00. The van der Waals surface area contributed by atoms with Crippen LogP contribution in [0.5, 0.6) is 5.75 Å². The molecule has 6 nitrogen and oxygen atoms in total. The lowest BCUT2D eigenvalue weighted by molar-refractivity contribution is -0.152. The van der Waals surface area contributed by atoms with Crippen LogP contribution < -0.4 is 4.74 Å². The van der Waals surface area contributed by atoms with Gasteiger partial charge in [0.2, 0.25) is 0 Å². The van der Waals surface area contributed by atoms with E-state index < -0.39 is 12.1 Å². The molecule has 3 aromatic rings. The summed E-state index contributed by atoms with van der Waals surface area (Å²) in [6.07, 6.45) is -0.660. The summed E-state index contributed by atoms with van der Waals surface area (Å²) in [5.41, 5.74) is 0. The second-order valence-electron chi connectivity index (χ2n) is 4.80. The second-order valence-corrected chi connectivity index (χ2v) is 6.18. The van der Waals surface area contributed by atoms with E-state index in [2.05, 4.69) is 10.2 Å². The quantitative estimate of drug-likeness (QED) is 0.612. The largest absolute Gasteiger partial charge is 0.482 e. The van der Waals surface area contributed by atoms with Crippen LogP contribution in [0.4, 0.5) is 0 Å². The third-order valence-corrected chi connectivity index (χ3v) is 4.11. The zero-order valence-corrected chi connectivity index (χ0v) is 14.2. The Bertz CT molecular complexity index is 802. The number of aromatic nitrogens is 2. The molecule has 0 spiro atoms. The van der Waals surface area contributed by atoms with Gasteiger partial charge in [-0.1, -0.05) is 17.7 Å². The molecule has 0 aliphatic carbocycles. The molecule has 0 radical (unpaired) electrons. The Balaban J connectivity index is 1.53. The van der Waals surface area contributed by atoms with Gasteiger partial charge >= 0.3 is 5.97 Å². The van der Waals surface area contributed by atoms with E-state index in [4.69, 9.17) is 25.5 Å². The highest BCUT2D eigenvalue weighted by atomic mass is 35.5. The van der Waals surface area contributed by atoms with Gasteiger partial charge in [0.1, 0.15) is 5.75 Å². The summed E-state index contributed by atoms with van der Waals surface area (Å²) in [5.74, 6) is 0.633. The predicted octanol–water partition coefficient (Wildman–Crippen LogP) is 4.13. The number of rotatable bonds is 6. The van der Waals surface area contributed by atoms with E-state index >= 15 is 0 Å². The Labute approximate surface area is 147 Å². The summed E-state index contributed by atoms with van der Waals surface area (Å²) in [5, 5.41) is 10.4. The average Bonchev–Trinajstić information content (AvgIpc) is 3.25. The molecule has 0 N–H and O–H groups in total. The summed E-state index contributed by atoms with van der Waals surface area (Å²) in [6.45, 7) is 1.43. The predicted molar refractivity (Wildman–Crippen MR) is 89.1 cm³/mol. The van der Waals surface area contributed by atoms with Crippen LogP contribution in [-0.2, 0) is 9.53 Å². The zero-order chi connectivity index (χ0) is 16.9. The molecule has 1 aromatic carbocycles. The fraction of sp³-hybridized carbons (Fsp3) is 0.188. The second kappa shape index (κ2) is 7.46. The monoisotopic (exact) mass is 364 g/mol. The van der Waals surface area contributed by atoms with E-state index in [1.807, 2.05) is 17.5 Å². The first-order chi connectivity index (χ1) is 11.6. The van der Waals surface area contributed by atoms with E-state index in [0.29, 0.717) is 16.7 Å². The average molecular weight is 365 g/mol. The Morgan fingerprint density at radius 3 is 2.79 bits per heavy atom. The fourth-order valence-corrected chi connectivity index (χ4v) is 2.62. The highest BCUT2D eigenvalue weighted by Crippen LogP contribution is 2.25. The molecule has 1 unspecified atom stereocenters. The van der Waals surface area contributed by atoms with Gasteiger partial charge in [-0.05, 0) is 42.6 Å². The summed E-state index contributed by atoms with van der Waals surface area (Å²) < 4.78 is 16.1. The maximum absolute atomic E-state index is 11.8. The maximum atomic E-state index is 11.8. The van der Waals surface area contributed by atoms with Crippen molar-refractivity contribution in [3.63, 3.8) is 0 Å². The molecule has 24 heavy (non-hydrogen) atoms. The molecule has 2 aromatic heterocycles. The van der Waals surface area contributed by atoms with Crippen molar-refractivity contribution >= 4 is 28.9 Å². The van der Waals surface area contributed by atoms with E-state index in [0.717, 1.165) is 4.88 Å². The number of ether oxygens (including phenoxy) is 2. The molecule has 0 saturated heterocycles. The van der Waals surface area contributed by atoms with Crippen molar-refractivity contribution < 1.29 is 18.7 Å². The minimum absolute atomic E-state index is 0.224. The van der Waals surface area contributed by atoms with E-state index in [9.17, 15) is 4.79 Å². The Hall–Kier alpha value is -2.38. The first kappa shape index (κ1) is 16.5. The lowest BCUT2D eigenvalue weighted by atomic mass is 10.3. The molecule has 0 fully saturated rings. The standard InChI is InChI=1S/C16H13ClN2O4S/c1-10(15-18-19-16(23-15)13-3-2-8-24-13)22-14(20)9-21-12-6-4-11(17)5-7-12/h2-8,10H,9H2,1H3. The molecule has 3 rings (SSSR count). The molecule has 0 saturated carbocycles. The third kappa shape index (κ3) is 4.12. The molecule has 124 valence electrons. The van der Waals surface area contributed by atoms with Crippen molar-refractivity contribution in [1.29, 1.82) is 0 Å². The maximum Gasteiger partial charge on any atom is 0.344 e. The topological polar surface area (TPSA) is 74.5 Å². The number of esters is 1. The van der Waals surface area contributed by atoms with E-state index in [1.54, 1.807) is 31.2 Å². The van der Waals surface area contributed by atoms with Crippen LogP contribution in [0.15, 0.2) is 46.2 Å². The number of halogens is 1. The Morgan fingerprint density at radius 2 is 2.08 bits per heavy atom. The number of carbonyl (C=O) groups excluding carboxylic acids is 1.